The van der Waals surface area contributed by atoms with Crippen molar-refractivity contribution in [2.75, 3.05) is 7.11 Å². The Hall–Kier alpha value is -1.76. The van der Waals surface area contributed by atoms with Gasteiger partial charge in [-0.15, -0.1) is 0 Å². The van der Waals surface area contributed by atoms with Crippen molar-refractivity contribution in [3.05, 3.63) is 47.5 Å². The Balaban J connectivity index is 2.13. The van der Waals surface area contributed by atoms with Crippen LogP contribution >= 0.6 is 0 Å². The third-order valence-corrected chi connectivity index (χ3v) is 3.33. The fourth-order valence-corrected chi connectivity index (χ4v) is 2.13. The lowest BCUT2D eigenvalue weighted by molar-refractivity contribution is -0.141. The van der Waals surface area contributed by atoms with Gasteiger partial charge in [-0.1, -0.05) is 30.3 Å². The Labute approximate surface area is 121 Å². The van der Waals surface area contributed by atoms with E-state index in [-0.39, 0.29) is 12.2 Å². The number of hydrogen-bond acceptors (Lipinski definition) is 5. The molecule has 21 heavy (non-hydrogen) atoms. The lowest BCUT2D eigenvalue weighted by Gasteiger charge is -2.32. The second-order valence-electron chi connectivity index (χ2n) is 4.76. The molecule has 0 radical (unpaired) electrons. The first-order chi connectivity index (χ1) is 10.0. The van der Waals surface area contributed by atoms with Crippen LogP contribution in [0.5, 0.6) is 0 Å². The molecule has 0 heterocycles. The molecule has 0 saturated heterocycles. The summed E-state index contributed by atoms with van der Waals surface area (Å²) in [5, 5.41) is 19.5. The van der Waals surface area contributed by atoms with Crippen LogP contribution in [0, 0.1) is 0 Å². The summed E-state index contributed by atoms with van der Waals surface area (Å²) < 4.78 is 23.8. The zero-order valence-electron chi connectivity index (χ0n) is 11.5. The molecule has 0 amide bonds. The number of ether oxygens (including phenoxy) is 2. The molecule has 1 aromatic rings. The number of aliphatic hydroxyl groups is 2. The van der Waals surface area contributed by atoms with E-state index in [0.717, 1.165) is 18.7 Å². The fraction of sp³-hybridized carbons (Fsp3) is 0.400. The fourth-order valence-electron chi connectivity index (χ4n) is 2.13. The molecule has 4 atom stereocenters. The highest BCUT2D eigenvalue weighted by Crippen LogP contribution is 2.26. The lowest BCUT2D eigenvalue weighted by Crippen LogP contribution is -2.49. The topological polar surface area (TPSA) is 76.0 Å². The third kappa shape index (κ3) is 3.47. The Morgan fingerprint density at radius 2 is 1.90 bits per heavy atom. The zero-order valence-corrected chi connectivity index (χ0v) is 11.5. The van der Waals surface area contributed by atoms with Crippen LogP contribution in [0.4, 0.5) is 4.39 Å². The number of carbonyl (C=O) groups is 1. The van der Waals surface area contributed by atoms with E-state index in [4.69, 9.17) is 4.74 Å². The van der Waals surface area contributed by atoms with E-state index >= 15 is 0 Å². The summed E-state index contributed by atoms with van der Waals surface area (Å²) in [6.07, 6.45) is -5.00. The molecular weight excluding hydrogens is 279 g/mol. The zero-order chi connectivity index (χ0) is 15.4. The van der Waals surface area contributed by atoms with Gasteiger partial charge in [0.2, 0.25) is 0 Å². The maximum absolute atomic E-state index is 13.8. The molecule has 0 spiro atoms. The molecule has 0 saturated carbocycles. The van der Waals surface area contributed by atoms with E-state index in [9.17, 15) is 19.4 Å². The van der Waals surface area contributed by atoms with Crippen LogP contribution in [0.1, 0.15) is 5.56 Å². The van der Waals surface area contributed by atoms with Crippen molar-refractivity contribution in [2.45, 2.75) is 31.1 Å². The molecule has 1 aromatic carbocycles. The Bertz CT molecular complexity index is 516. The van der Waals surface area contributed by atoms with E-state index in [1.807, 2.05) is 30.3 Å². The number of alkyl halides is 1. The highest BCUT2D eigenvalue weighted by Gasteiger charge is 2.42. The molecule has 0 bridgehead atoms. The molecule has 6 heteroatoms. The van der Waals surface area contributed by atoms with Gasteiger partial charge in [0.05, 0.1) is 19.3 Å². The number of hydrogen-bond donors (Lipinski definition) is 2. The Kier molecular flexibility index (Phi) is 5.06. The highest BCUT2D eigenvalue weighted by molar-refractivity contribution is 5.90. The smallest absolute Gasteiger partial charge is 0.336 e. The van der Waals surface area contributed by atoms with Crippen molar-refractivity contribution in [3.8, 4) is 0 Å². The van der Waals surface area contributed by atoms with E-state index < -0.39 is 30.5 Å². The van der Waals surface area contributed by atoms with Crippen LogP contribution in [0.25, 0.3) is 0 Å². The number of halogens is 1. The van der Waals surface area contributed by atoms with Crippen LogP contribution in [-0.4, -0.2) is 47.8 Å². The van der Waals surface area contributed by atoms with E-state index in [2.05, 4.69) is 4.74 Å². The van der Waals surface area contributed by atoms with Gasteiger partial charge in [-0.05, 0) is 11.6 Å². The van der Waals surface area contributed by atoms with Crippen LogP contribution in [0.2, 0.25) is 0 Å². The minimum Gasteiger partial charge on any atom is -0.466 e. The molecule has 0 aromatic heterocycles. The summed E-state index contributed by atoms with van der Waals surface area (Å²) in [4.78, 5) is 11.5. The Morgan fingerprint density at radius 1 is 1.24 bits per heavy atom. The normalized spacial score (nSPS) is 28.9. The molecule has 0 aliphatic heterocycles. The minimum atomic E-state index is -2.00. The molecule has 0 fully saturated rings. The highest BCUT2D eigenvalue weighted by atomic mass is 19.1. The van der Waals surface area contributed by atoms with Crippen molar-refractivity contribution in [1.29, 1.82) is 0 Å². The largest absolute Gasteiger partial charge is 0.466 e. The van der Waals surface area contributed by atoms with Crippen molar-refractivity contribution in [3.63, 3.8) is 0 Å². The quantitative estimate of drug-likeness (QED) is 0.802. The Morgan fingerprint density at radius 3 is 2.52 bits per heavy atom. The van der Waals surface area contributed by atoms with Gasteiger partial charge in [0.25, 0.3) is 0 Å². The van der Waals surface area contributed by atoms with Crippen molar-refractivity contribution in [2.24, 2.45) is 0 Å². The van der Waals surface area contributed by atoms with Crippen LogP contribution in [-0.2, 0) is 20.9 Å². The van der Waals surface area contributed by atoms with E-state index in [1.54, 1.807) is 0 Å². The molecule has 2 rings (SSSR count). The second kappa shape index (κ2) is 6.80. The van der Waals surface area contributed by atoms with Crippen molar-refractivity contribution >= 4 is 5.97 Å². The average molecular weight is 296 g/mol. The monoisotopic (exact) mass is 296 g/mol. The number of benzene rings is 1. The lowest BCUT2D eigenvalue weighted by atomic mass is 9.90. The summed E-state index contributed by atoms with van der Waals surface area (Å²) in [7, 11) is 1.12. The molecule has 1 aliphatic rings. The third-order valence-electron chi connectivity index (χ3n) is 3.33. The number of esters is 1. The van der Waals surface area contributed by atoms with E-state index in [0.29, 0.717) is 0 Å². The molecule has 1 aliphatic carbocycles. The standard InChI is InChI=1S/C15H17FO5/c1-20-15(19)10-7-11(13(17)14(18)12(10)16)21-8-9-5-3-2-4-6-9/h2-7,11-14,17-18H,8H2,1H3/t11-,12+,13-,14-/m1/s1. The maximum Gasteiger partial charge on any atom is 0.336 e. The summed E-state index contributed by atoms with van der Waals surface area (Å²) in [5.74, 6) is -0.887. The summed E-state index contributed by atoms with van der Waals surface area (Å²) in [6.45, 7) is 0.164. The number of methoxy groups -OCH3 is 1. The molecule has 0 unspecified atom stereocenters. The predicted octanol–water partition coefficient (Wildman–Crippen LogP) is 0.745. The SMILES string of the molecule is COC(=O)C1=C[C@@H](OCc2ccccc2)[C@@H](O)[C@H](O)[C@H]1F. The first-order valence-corrected chi connectivity index (χ1v) is 6.50. The molecular formula is C15H17FO5. The van der Waals surface area contributed by atoms with Gasteiger partial charge < -0.3 is 19.7 Å². The average Bonchev–Trinajstić information content (AvgIpc) is 2.52. The first-order valence-electron chi connectivity index (χ1n) is 6.50. The van der Waals surface area contributed by atoms with Gasteiger partial charge in [-0.25, -0.2) is 9.18 Å². The summed E-state index contributed by atoms with van der Waals surface area (Å²) in [6, 6.07) is 9.17. The van der Waals surface area contributed by atoms with Gasteiger partial charge >= 0.3 is 5.97 Å². The minimum absolute atomic E-state index is 0.164. The predicted molar refractivity (Wildman–Crippen MR) is 72.0 cm³/mol. The van der Waals surface area contributed by atoms with E-state index in [1.165, 1.54) is 0 Å². The summed E-state index contributed by atoms with van der Waals surface area (Å²) in [5.41, 5.74) is 0.517. The summed E-state index contributed by atoms with van der Waals surface area (Å²) >= 11 is 0. The van der Waals surface area contributed by atoms with Gasteiger partial charge in [0.15, 0.2) is 6.17 Å². The molecule has 2 N–H and O–H groups in total. The van der Waals surface area contributed by atoms with Gasteiger partial charge in [-0.3, -0.25) is 0 Å². The molecule has 114 valence electrons. The van der Waals surface area contributed by atoms with Crippen molar-refractivity contribution in [1.82, 2.24) is 0 Å². The maximum atomic E-state index is 13.8. The van der Waals surface area contributed by atoms with Crippen LogP contribution in [0.15, 0.2) is 42.0 Å². The number of rotatable bonds is 4. The van der Waals surface area contributed by atoms with Crippen molar-refractivity contribution < 1.29 is 28.9 Å². The van der Waals surface area contributed by atoms with Gasteiger partial charge in [0, 0.05) is 0 Å². The van der Waals surface area contributed by atoms with Gasteiger partial charge in [-0.2, -0.15) is 0 Å². The van der Waals surface area contributed by atoms with Crippen LogP contribution in [0.3, 0.4) is 0 Å². The number of aliphatic hydroxyl groups excluding tert-OH is 2. The van der Waals surface area contributed by atoms with Crippen LogP contribution < -0.4 is 0 Å². The molecule has 5 nitrogen and oxygen atoms in total. The number of carbonyl (C=O) groups excluding carboxylic acids is 1. The van der Waals surface area contributed by atoms with Gasteiger partial charge in [0.1, 0.15) is 18.3 Å². The second-order valence-corrected chi connectivity index (χ2v) is 4.76. The first kappa shape index (κ1) is 15.6.